The molecule has 0 spiro atoms. The lowest BCUT2D eigenvalue weighted by molar-refractivity contribution is -0.120. The number of methoxy groups -OCH3 is 1. The molecule has 140 valence electrons. The number of halogens is 1. The number of rotatable bonds is 6. The van der Waals surface area contributed by atoms with E-state index in [1.807, 2.05) is 19.9 Å². The van der Waals surface area contributed by atoms with Gasteiger partial charge in [-0.3, -0.25) is 4.79 Å². The lowest BCUT2D eigenvalue weighted by Crippen LogP contribution is -2.45. The average molecular weight is 389 g/mol. The van der Waals surface area contributed by atoms with Crippen LogP contribution >= 0.6 is 11.6 Å². The zero-order chi connectivity index (χ0) is 18.6. The summed E-state index contributed by atoms with van der Waals surface area (Å²) in [6, 6.07) is 3.75. The monoisotopic (exact) mass is 388 g/mol. The Morgan fingerprint density at radius 3 is 2.76 bits per heavy atom. The molecule has 0 aromatic heterocycles. The van der Waals surface area contributed by atoms with E-state index in [1.54, 1.807) is 6.07 Å². The number of carbonyl (C=O) groups excluding carboxylic acids is 1. The zero-order valence-electron chi connectivity index (χ0n) is 14.8. The summed E-state index contributed by atoms with van der Waals surface area (Å²) < 4.78 is 30.9. The Kier molecular flexibility index (Phi) is 6.85. The Balaban J connectivity index is 2.07. The summed E-state index contributed by atoms with van der Waals surface area (Å²) >= 11 is 6.24. The van der Waals surface area contributed by atoms with Crippen LogP contribution in [-0.2, 0) is 19.6 Å². The SMILES string of the molecule is COCCS(=O)(=O)N1CCCC(C(=O)Nc2c(C)cc(C)cc2Cl)C1. The van der Waals surface area contributed by atoms with Crippen molar-refractivity contribution in [2.24, 2.45) is 5.92 Å². The molecule has 1 fully saturated rings. The van der Waals surface area contributed by atoms with Gasteiger partial charge in [0.2, 0.25) is 15.9 Å². The Morgan fingerprint density at radius 1 is 1.40 bits per heavy atom. The fourth-order valence-electron chi connectivity index (χ4n) is 3.03. The van der Waals surface area contributed by atoms with Gasteiger partial charge in [-0.15, -0.1) is 0 Å². The molecule has 1 aromatic carbocycles. The number of piperidine rings is 1. The van der Waals surface area contributed by atoms with Crippen molar-refractivity contribution in [1.82, 2.24) is 4.31 Å². The van der Waals surface area contributed by atoms with Crippen LogP contribution in [0, 0.1) is 19.8 Å². The van der Waals surface area contributed by atoms with E-state index in [9.17, 15) is 13.2 Å². The molecule has 8 heteroatoms. The third kappa shape index (κ3) is 5.17. The molecule has 0 aliphatic carbocycles. The summed E-state index contributed by atoms with van der Waals surface area (Å²) in [6.07, 6.45) is 1.32. The summed E-state index contributed by atoms with van der Waals surface area (Å²) in [5.41, 5.74) is 2.50. The van der Waals surface area contributed by atoms with Crippen LogP contribution in [0.1, 0.15) is 24.0 Å². The second-order valence-corrected chi connectivity index (χ2v) is 8.93. The highest BCUT2D eigenvalue weighted by Crippen LogP contribution is 2.29. The molecule has 1 atom stereocenters. The van der Waals surface area contributed by atoms with Gasteiger partial charge >= 0.3 is 0 Å². The van der Waals surface area contributed by atoms with Crippen LogP contribution < -0.4 is 5.32 Å². The number of nitrogens with one attached hydrogen (secondary N) is 1. The molecular formula is C17H25ClN2O4S. The first-order valence-electron chi connectivity index (χ1n) is 8.29. The molecule has 1 unspecified atom stereocenters. The van der Waals surface area contributed by atoms with E-state index >= 15 is 0 Å². The fraction of sp³-hybridized carbons (Fsp3) is 0.588. The third-order valence-electron chi connectivity index (χ3n) is 4.37. The van der Waals surface area contributed by atoms with Crippen molar-refractivity contribution in [1.29, 1.82) is 0 Å². The van der Waals surface area contributed by atoms with Crippen LogP contribution in [0.3, 0.4) is 0 Å². The Morgan fingerprint density at radius 2 is 2.12 bits per heavy atom. The van der Waals surface area contributed by atoms with Crippen LogP contribution in [0.15, 0.2) is 12.1 Å². The predicted octanol–water partition coefficient (Wildman–Crippen LogP) is 2.58. The summed E-state index contributed by atoms with van der Waals surface area (Å²) in [5.74, 6) is -0.649. The molecule has 1 aliphatic rings. The van der Waals surface area contributed by atoms with Gasteiger partial charge in [-0.2, -0.15) is 0 Å². The largest absolute Gasteiger partial charge is 0.384 e. The molecule has 0 radical (unpaired) electrons. The minimum Gasteiger partial charge on any atom is -0.384 e. The van der Waals surface area contributed by atoms with Crippen LogP contribution in [0.25, 0.3) is 0 Å². The highest BCUT2D eigenvalue weighted by atomic mass is 35.5. The van der Waals surface area contributed by atoms with E-state index in [-0.39, 0.29) is 30.7 Å². The maximum atomic E-state index is 12.6. The van der Waals surface area contributed by atoms with Gasteiger partial charge in [0.25, 0.3) is 0 Å². The van der Waals surface area contributed by atoms with Crippen LogP contribution in [0.4, 0.5) is 5.69 Å². The number of aryl methyl sites for hydroxylation is 2. The number of hydrogen-bond donors (Lipinski definition) is 1. The van der Waals surface area contributed by atoms with Crippen molar-refractivity contribution >= 4 is 33.2 Å². The molecule has 1 heterocycles. The molecule has 1 N–H and O–H groups in total. The highest BCUT2D eigenvalue weighted by Gasteiger charge is 2.32. The number of benzene rings is 1. The molecule has 1 aromatic rings. The van der Waals surface area contributed by atoms with E-state index in [0.29, 0.717) is 30.1 Å². The quantitative estimate of drug-likeness (QED) is 0.812. The minimum absolute atomic E-state index is 0.0687. The number of ether oxygens (including phenoxy) is 1. The van der Waals surface area contributed by atoms with Gasteiger partial charge in [0.1, 0.15) is 0 Å². The van der Waals surface area contributed by atoms with E-state index in [1.165, 1.54) is 11.4 Å². The first-order chi connectivity index (χ1) is 11.7. The highest BCUT2D eigenvalue weighted by molar-refractivity contribution is 7.89. The fourth-order valence-corrected chi connectivity index (χ4v) is 4.84. The van der Waals surface area contributed by atoms with Gasteiger partial charge in [-0.25, -0.2) is 12.7 Å². The molecule has 6 nitrogen and oxygen atoms in total. The van der Waals surface area contributed by atoms with Gasteiger partial charge in [0, 0.05) is 20.2 Å². The molecule has 1 amide bonds. The van der Waals surface area contributed by atoms with Crippen LogP contribution in [0.5, 0.6) is 0 Å². The second kappa shape index (κ2) is 8.49. The second-order valence-electron chi connectivity index (χ2n) is 6.43. The number of carbonyl (C=O) groups is 1. The number of hydrogen-bond acceptors (Lipinski definition) is 4. The Hall–Kier alpha value is -1.15. The van der Waals surface area contributed by atoms with Crippen molar-refractivity contribution < 1.29 is 17.9 Å². The molecule has 25 heavy (non-hydrogen) atoms. The minimum atomic E-state index is -3.40. The standard InChI is InChI=1S/C17H25ClN2O4S/c1-12-9-13(2)16(15(18)10-12)19-17(21)14-5-4-6-20(11-14)25(22,23)8-7-24-3/h9-10,14H,4-8,11H2,1-3H3,(H,19,21). The molecular weight excluding hydrogens is 364 g/mol. The zero-order valence-corrected chi connectivity index (χ0v) is 16.4. The number of amides is 1. The molecule has 0 saturated carbocycles. The predicted molar refractivity (Wildman–Crippen MR) is 99.5 cm³/mol. The van der Waals surface area contributed by atoms with Crippen molar-refractivity contribution in [2.45, 2.75) is 26.7 Å². The van der Waals surface area contributed by atoms with Gasteiger partial charge in [0.05, 0.1) is 29.0 Å². The summed E-state index contributed by atoms with van der Waals surface area (Å²) in [5, 5.41) is 3.37. The van der Waals surface area contributed by atoms with Crippen molar-refractivity contribution in [3.63, 3.8) is 0 Å². The van der Waals surface area contributed by atoms with Crippen LogP contribution in [-0.4, -0.2) is 51.2 Å². The first kappa shape index (κ1) is 20.2. The molecule has 1 saturated heterocycles. The maximum absolute atomic E-state index is 12.6. The maximum Gasteiger partial charge on any atom is 0.228 e. The first-order valence-corrected chi connectivity index (χ1v) is 10.3. The lowest BCUT2D eigenvalue weighted by atomic mass is 9.98. The van der Waals surface area contributed by atoms with E-state index in [0.717, 1.165) is 11.1 Å². The van der Waals surface area contributed by atoms with E-state index in [4.69, 9.17) is 16.3 Å². The topological polar surface area (TPSA) is 75.7 Å². The number of sulfonamides is 1. The van der Waals surface area contributed by atoms with E-state index < -0.39 is 10.0 Å². The van der Waals surface area contributed by atoms with Gasteiger partial charge in [0.15, 0.2) is 0 Å². The van der Waals surface area contributed by atoms with E-state index in [2.05, 4.69) is 5.32 Å². The molecule has 2 rings (SSSR count). The lowest BCUT2D eigenvalue weighted by Gasteiger charge is -2.31. The smallest absolute Gasteiger partial charge is 0.228 e. The summed E-state index contributed by atoms with van der Waals surface area (Å²) in [7, 11) is -1.94. The van der Waals surface area contributed by atoms with Crippen molar-refractivity contribution in [2.75, 3.05) is 37.9 Å². The number of anilines is 1. The number of nitrogens with zero attached hydrogens (tertiary/aromatic N) is 1. The summed E-state index contributed by atoms with van der Waals surface area (Å²) in [6.45, 7) is 4.61. The third-order valence-corrected chi connectivity index (χ3v) is 6.47. The Labute approximate surface area is 154 Å². The average Bonchev–Trinajstić information content (AvgIpc) is 2.56. The van der Waals surface area contributed by atoms with Crippen molar-refractivity contribution in [3.05, 3.63) is 28.3 Å². The molecule has 0 bridgehead atoms. The van der Waals surface area contributed by atoms with Crippen LogP contribution in [0.2, 0.25) is 5.02 Å². The summed E-state index contributed by atoms with van der Waals surface area (Å²) in [4.78, 5) is 12.6. The molecule has 1 aliphatic heterocycles. The van der Waals surface area contributed by atoms with Gasteiger partial charge in [-0.05, 0) is 43.9 Å². The van der Waals surface area contributed by atoms with Crippen molar-refractivity contribution in [3.8, 4) is 0 Å². The Bertz CT molecular complexity index is 713. The van der Waals surface area contributed by atoms with Gasteiger partial charge in [-0.1, -0.05) is 17.7 Å². The van der Waals surface area contributed by atoms with Gasteiger partial charge < -0.3 is 10.1 Å². The normalized spacial score (nSPS) is 19.0.